The van der Waals surface area contributed by atoms with Gasteiger partial charge in [0.15, 0.2) is 0 Å². The van der Waals surface area contributed by atoms with Crippen LogP contribution in [0.2, 0.25) is 0 Å². The SMILES string of the molecule is CC(C)(C)OC(=O)N1CC[C@@H](O)[C@@H](CO)C1. The van der Waals surface area contributed by atoms with Gasteiger partial charge in [-0.25, -0.2) is 4.79 Å². The molecule has 0 bridgehead atoms. The molecule has 1 fully saturated rings. The summed E-state index contributed by atoms with van der Waals surface area (Å²) in [6.07, 6.45) is -0.411. The lowest BCUT2D eigenvalue weighted by Gasteiger charge is -2.36. The van der Waals surface area contributed by atoms with Crippen molar-refractivity contribution in [3.8, 4) is 0 Å². The van der Waals surface area contributed by atoms with Crippen molar-refractivity contribution in [3.63, 3.8) is 0 Å². The predicted molar refractivity (Wildman–Crippen MR) is 59.0 cm³/mol. The Balaban J connectivity index is 2.52. The molecule has 2 atom stereocenters. The largest absolute Gasteiger partial charge is 0.444 e. The molecule has 0 aromatic heterocycles. The molecule has 94 valence electrons. The van der Waals surface area contributed by atoms with Crippen molar-refractivity contribution >= 4 is 6.09 Å². The molecule has 0 unspecified atom stereocenters. The van der Waals surface area contributed by atoms with Crippen molar-refractivity contribution in [1.29, 1.82) is 0 Å². The predicted octanol–water partition coefficient (Wildman–Crippen LogP) is 0.597. The Bertz CT molecular complexity index is 249. The van der Waals surface area contributed by atoms with Crippen molar-refractivity contribution < 1.29 is 19.7 Å². The van der Waals surface area contributed by atoms with E-state index < -0.39 is 11.7 Å². The average Bonchev–Trinajstić information content (AvgIpc) is 2.15. The molecular formula is C11H21NO4. The zero-order chi connectivity index (χ0) is 12.3. The zero-order valence-corrected chi connectivity index (χ0v) is 10.1. The lowest BCUT2D eigenvalue weighted by molar-refractivity contribution is -0.0203. The molecule has 5 nitrogen and oxygen atoms in total. The van der Waals surface area contributed by atoms with E-state index in [0.29, 0.717) is 19.5 Å². The number of piperidine rings is 1. The molecule has 1 saturated heterocycles. The minimum Gasteiger partial charge on any atom is -0.444 e. The molecule has 0 spiro atoms. The van der Waals surface area contributed by atoms with Crippen molar-refractivity contribution in [1.82, 2.24) is 4.90 Å². The molecule has 0 aromatic rings. The Kier molecular flexibility index (Phi) is 4.15. The molecular weight excluding hydrogens is 210 g/mol. The van der Waals surface area contributed by atoms with Crippen molar-refractivity contribution in [2.45, 2.75) is 38.9 Å². The molecule has 1 amide bonds. The van der Waals surface area contributed by atoms with Crippen LogP contribution < -0.4 is 0 Å². The first-order valence-electron chi connectivity index (χ1n) is 5.60. The maximum Gasteiger partial charge on any atom is 0.410 e. The van der Waals surface area contributed by atoms with Crippen LogP contribution in [0.3, 0.4) is 0 Å². The number of rotatable bonds is 1. The number of ether oxygens (including phenoxy) is 1. The first-order chi connectivity index (χ1) is 7.33. The van der Waals surface area contributed by atoms with Gasteiger partial charge in [-0.2, -0.15) is 0 Å². The summed E-state index contributed by atoms with van der Waals surface area (Å²) in [5.41, 5.74) is -0.512. The number of amides is 1. The number of hydrogen-bond acceptors (Lipinski definition) is 4. The van der Waals surface area contributed by atoms with Gasteiger partial charge in [0.25, 0.3) is 0 Å². The highest BCUT2D eigenvalue weighted by Crippen LogP contribution is 2.19. The van der Waals surface area contributed by atoms with Crippen LogP contribution in [0.15, 0.2) is 0 Å². The highest BCUT2D eigenvalue weighted by Gasteiger charge is 2.31. The second-order valence-corrected chi connectivity index (χ2v) is 5.23. The number of carbonyl (C=O) groups is 1. The van der Waals surface area contributed by atoms with Crippen molar-refractivity contribution in [2.24, 2.45) is 5.92 Å². The molecule has 2 N–H and O–H groups in total. The molecule has 0 radical (unpaired) electrons. The average molecular weight is 231 g/mol. The Hall–Kier alpha value is -0.810. The Morgan fingerprint density at radius 1 is 1.50 bits per heavy atom. The summed E-state index contributed by atoms with van der Waals surface area (Å²) in [5, 5.41) is 18.6. The van der Waals surface area contributed by atoms with Gasteiger partial charge in [-0.3, -0.25) is 0 Å². The zero-order valence-electron chi connectivity index (χ0n) is 10.1. The van der Waals surface area contributed by atoms with E-state index in [1.54, 1.807) is 4.90 Å². The van der Waals surface area contributed by atoms with E-state index in [1.165, 1.54) is 0 Å². The maximum absolute atomic E-state index is 11.7. The Labute approximate surface area is 96.0 Å². The first-order valence-corrected chi connectivity index (χ1v) is 5.60. The van der Waals surface area contributed by atoms with Gasteiger partial charge in [-0.1, -0.05) is 0 Å². The van der Waals surface area contributed by atoms with Crippen LogP contribution >= 0.6 is 0 Å². The fraction of sp³-hybridized carbons (Fsp3) is 0.909. The third-order valence-corrected chi connectivity index (χ3v) is 2.58. The van der Waals surface area contributed by atoms with E-state index in [2.05, 4.69) is 0 Å². The molecule has 5 heteroatoms. The quantitative estimate of drug-likeness (QED) is 0.693. The Morgan fingerprint density at radius 3 is 2.62 bits per heavy atom. The van der Waals surface area contributed by atoms with Gasteiger partial charge in [0.05, 0.1) is 12.7 Å². The smallest absolute Gasteiger partial charge is 0.410 e. The summed E-state index contributed by atoms with van der Waals surface area (Å²) in [6, 6.07) is 0. The van der Waals surface area contributed by atoms with E-state index in [0.717, 1.165) is 0 Å². The molecule has 16 heavy (non-hydrogen) atoms. The highest BCUT2D eigenvalue weighted by atomic mass is 16.6. The van der Waals surface area contributed by atoms with Gasteiger partial charge >= 0.3 is 6.09 Å². The van der Waals surface area contributed by atoms with Gasteiger partial charge in [0, 0.05) is 19.0 Å². The summed E-state index contributed by atoms with van der Waals surface area (Å²) in [6.45, 7) is 6.16. The standard InChI is InChI=1S/C11H21NO4/c1-11(2,3)16-10(15)12-5-4-9(14)8(6-12)7-13/h8-9,13-14H,4-7H2,1-3H3/t8-,9-/m1/s1. The van der Waals surface area contributed by atoms with E-state index in [1.807, 2.05) is 20.8 Å². The van der Waals surface area contributed by atoms with E-state index in [4.69, 9.17) is 9.84 Å². The Morgan fingerprint density at radius 2 is 2.12 bits per heavy atom. The number of likely N-dealkylation sites (tertiary alicyclic amines) is 1. The molecule has 1 heterocycles. The summed E-state index contributed by atoms with van der Waals surface area (Å²) in [7, 11) is 0. The van der Waals surface area contributed by atoms with E-state index in [9.17, 15) is 9.90 Å². The maximum atomic E-state index is 11.7. The van der Waals surface area contributed by atoms with Crippen molar-refractivity contribution in [2.75, 3.05) is 19.7 Å². The van der Waals surface area contributed by atoms with Crippen LogP contribution in [0.25, 0.3) is 0 Å². The summed E-state index contributed by atoms with van der Waals surface area (Å²) in [4.78, 5) is 13.3. The van der Waals surface area contributed by atoms with Crippen LogP contribution in [0.4, 0.5) is 4.79 Å². The second-order valence-electron chi connectivity index (χ2n) is 5.23. The van der Waals surface area contributed by atoms with E-state index >= 15 is 0 Å². The monoisotopic (exact) mass is 231 g/mol. The number of carbonyl (C=O) groups excluding carboxylic acids is 1. The van der Waals surface area contributed by atoms with Crippen LogP contribution in [-0.4, -0.2) is 52.6 Å². The minimum atomic E-state index is -0.524. The van der Waals surface area contributed by atoms with Gasteiger partial charge in [0.2, 0.25) is 0 Å². The number of aliphatic hydroxyl groups excluding tert-OH is 2. The molecule has 1 rings (SSSR count). The van der Waals surface area contributed by atoms with Gasteiger partial charge in [-0.15, -0.1) is 0 Å². The lowest BCUT2D eigenvalue weighted by atomic mass is 9.96. The lowest BCUT2D eigenvalue weighted by Crippen LogP contribution is -2.48. The van der Waals surface area contributed by atoms with Crippen LogP contribution in [0.5, 0.6) is 0 Å². The fourth-order valence-corrected chi connectivity index (χ4v) is 1.69. The summed E-state index contributed by atoms with van der Waals surface area (Å²) >= 11 is 0. The van der Waals surface area contributed by atoms with Gasteiger partial charge in [0.1, 0.15) is 5.60 Å². The minimum absolute atomic E-state index is 0.111. The molecule has 1 aliphatic rings. The number of nitrogens with zero attached hydrogens (tertiary/aromatic N) is 1. The highest BCUT2D eigenvalue weighted by molar-refractivity contribution is 5.68. The number of hydrogen-bond donors (Lipinski definition) is 2. The van der Waals surface area contributed by atoms with E-state index in [-0.39, 0.29) is 18.6 Å². The van der Waals surface area contributed by atoms with Crippen LogP contribution in [-0.2, 0) is 4.74 Å². The second kappa shape index (κ2) is 5.01. The van der Waals surface area contributed by atoms with Crippen molar-refractivity contribution in [3.05, 3.63) is 0 Å². The normalized spacial score (nSPS) is 26.7. The third kappa shape index (κ3) is 3.64. The van der Waals surface area contributed by atoms with Crippen LogP contribution in [0, 0.1) is 5.92 Å². The first kappa shape index (κ1) is 13.3. The summed E-state index contributed by atoms with van der Waals surface area (Å²) in [5.74, 6) is -0.263. The third-order valence-electron chi connectivity index (χ3n) is 2.58. The molecule has 1 aliphatic heterocycles. The number of aliphatic hydroxyl groups is 2. The molecule has 0 aromatic carbocycles. The van der Waals surface area contributed by atoms with Gasteiger partial charge < -0.3 is 19.8 Å². The topological polar surface area (TPSA) is 70.0 Å². The van der Waals surface area contributed by atoms with Gasteiger partial charge in [-0.05, 0) is 27.2 Å². The fourth-order valence-electron chi connectivity index (χ4n) is 1.69. The van der Waals surface area contributed by atoms with Crippen LogP contribution in [0.1, 0.15) is 27.2 Å². The molecule has 0 saturated carbocycles. The molecule has 0 aliphatic carbocycles. The summed E-state index contributed by atoms with van der Waals surface area (Å²) < 4.78 is 5.23.